The summed E-state index contributed by atoms with van der Waals surface area (Å²) < 4.78 is 2.99. The van der Waals surface area contributed by atoms with Gasteiger partial charge >= 0.3 is 0 Å². The van der Waals surface area contributed by atoms with Crippen molar-refractivity contribution >= 4 is 5.71 Å². The fraction of sp³-hybridized carbons (Fsp3) is 0.150. The van der Waals surface area contributed by atoms with E-state index in [4.69, 9.17) is 0 Å². The number of aromatic nitrogens is 2. The number of fused-ring (bicyclic) bond motifs is 3. The Labute approximate surface area is 145 Å². The molecule has 0 bridgehead atoms. The molecule has 1 aliphatic heterocycles. The number of benzene rings is 2. The van der Waals surface area contributed by atoms with Gasteiger partial charge in [0.2, 0.25) is 12.3 Å². The first-order valence-electron chi connectivity index (χ1n) is 8.07. The molecule has 1 aliphatic rings. The van der Waals surface area contributed by atoms with Gasteiger partial charge in [-0.1, -0.05) is 18.2 Å². The summed E-state index contributed by atoms with van der Waals surface area (Å²) in [5.41, 5.74) is 5.46. The molecule has 1 aromatic heterocycles. The number of aryl methyl sites for hydroxylation is 1. The highest BCUT2D eigenvalue weighted by atomic mass is 16.5. The van der Waals surface area contributed by atoms with E-state index in [1.54, 1.807) is 12.1 Å². The van der Waals surface area contributed by atoms with E-state index in [1.807, 2.05) is 54.8 Å². The van der Waals surface area contributed by atoms with Gasteiger partial charge in [-0.2, -0.15) is 10.0 Å². The molecule has 4 rings (SSSR count). The van der Waals surface area contributed by atoms with Crippen LogP contribution in [0, 0.1) is 30.4 Å². The van der Waals surface area contributed by atoms with Crippen molar-refractivity contribution in [2.45, 2.75) is 20.4 Å². The average Bonchev–Trinajstić information content (AvgIpc) is 2.83. The van der Waals surface area contributed by atoms with Crippen LogP contribution in [0.25, 0.3) is 5.69 Å². The van der Waals surface area contributed by atoms with Crippen LogP contribution in [0.2, 0.25) is 0 Å². The number of nitriles is 1. The molecule has 0 fully saturated rings. The standard InChI is InChI=1S/C20H16N4O/c1-13-14(2)24-18-9-8-15(11-21)10-17(18)20(16-6-4-3-5-7-16)23(25)12-19(24)22-13/h3-10H,12H2,1-2H3. The highest BCUT2D eigenvalue weighted by molar-refractivity contribution is 6.12. The van der Waals surface area contributed by atoms with Crippen LogP contribution in [0.1, 0.15) is 33.9 Å². The number of nitrogens with zero attached hydrogens (tertiary/aromatic N) is 4. The second-order valence-electron chi connectivity index (χ2n) is 6.13. The van der Waals surface area contributed by atoms with Crippen molar-refractivity contribution in [1.29, 1.82) is 5.26 Å². The van der Waals surface area contributed by atoms with Crippen molar-refractivity contribution in [3.63, 3.8) is 0 Å². The predicted octanol–water partition coefficient (Wildman–Crippen LogP) is 3.22. The molecule has 0 spiro atoms. The lowest BCUT2D eigenvalue weighted by atomic mass is 9.98. The molecule has 0 unspecified atom stereocenters. The van der Waals surface area contributed by atoms with Gasteiger partial charge in [-0.05, 0) is 44.2 Å². The molecule has 0 radical (unpaired) electrons. The molecule has 0 N–H and O–H groups in total. The number of hydroxylamine groups is 1. The molecule has 5 nitrogen and oxygen atoms in total. The Morgan fingerprint density at radius 1 is 1.16 bits per heavy atom. The summed E-state index contributed by atoms with van der Waals surface area (Å²) in [4.78, 5) is 4.57. The number of hydrogen-bond acceptors (Lipinski definition) is 3. The van der Waals surface area contributed by atoms with Crippen molar-refractivity contribution in [3.8, 4) is 11.8 Å². The zero-order valence-corrected chi connectivity index (χ0v) is 14.0. The zero-order chi connectivity index (χ0) is 17.6. The second-order valence-corrected chi connectivity index (χ2v) is 6.13. The van der Waals surface area contributed by atoms with Crippen molar-refractivity contribution < 1.29 is 4.74 Å². The highest BCUT2D eigenvalue weighted by Gasteiger charge is 2.28. The van der Waals surface area contributed by atoms with Gasteiger partial charge in [-0.25, -0.2) is 4.98 Å². The molecule has 2 aromatic carbocycles. The minimum atomic E-state index is 0.162. The maximum atomic E-state index is 13.0. The average molecular weight is 328 g/mol. The third-order valence-corrected chi connectivity index (χ3v) is 4.62. The van der Waals surface area contributed by atoms with Crippen LogP contribution in [-0.2, 0) is 6.54 Å². The summed E-state index contributed by atoms with van der Waals surface area (Å²) in [5, 5.41) is 22.3. The van der Waals surface area contributed by atoms with E-state index in [2.05, 4.69) is 11.1 Å². The molecule has 122 valence electrons. The Morgan fingerprint density at radius 3 is 2.64 bits per heavy atom. The van der Waals surface area contributed by atoms with Crippen LogP contribution >= 0.6 is 0 Å². The SMILES string of the molecule is Cc1nc2n(c1C)-c1ccc(C#N)cc1C(c1ccccc1)=[N+]([O-])C2. The smallest absolute Gasteiger partial charge is 0.228 e. The van der Waals surface area contributed by atoms with Gasteiger partial charge in [-0.15, -0.1) is 0 Å². The van der Waals surface area contributed by atoms with E-state index in [0.717, 1.165) is 32.9 Å². The van der Waals surface area contributed by atoms with Gasteiger partial charge in [-0.3, -0.25) is 4.57 Å². The van der Waals surface area contributed by atoms with Gasteiger partial charge in [0, 0.05) is 11.3 Å². The summed E-state index contributed by atoms with van der Waals surface area (Å²) in [6, 6.07) is 17.2. The lowest BCUT2D eigenvalue weighted by Crippen LogP contribution is -2.17. The molecule has 5 heteroatoms. The normalized spacial score (nSPS) is 13.0. The van der Waals surface area contributed by atoms with E-state index in [-0.39, 0.29) is 6.54 Å². The van der Waals surface area contributed by atoms with Crippen LogP contribution in [0.15, 0.2) is 48.5 Å². The van der Waals surface area contributed by atoms with Gasteiger partial charge in [0.25, 0.3) is 0 Å². The third kappa shape index (κ3) is 2.31. The molecule has 3 aromatic rings. The molecule has 0 saturated heterocycles. The van der Waals surface area contributed by atoms with Crippen molar-refractivity contribution in [1.82, 2.24) is 9.55 Å². The van der Waals surface area contributed by atoms with Crippen molar-refractivity contribution in [3.05, 3.63) is 87.6 Å². The molecule has 0 atom stereocenters. The highest BCUT2D eigenvalue weighted by Crippen LogP contribution is 2.28. The van der Waals surface area contributed by atoms with Crippen LogP contribution < -0.4 is 0 Å². The van der Waals surface area contributed by atoms with Crippen LogP contribution in [0.3, 0.4) is 0 Å². The minimum Gasteiger partial charge on any atom is -0.623 e. The molecule has 0 saturated carbocycles. The summed E-state index contributed by atoms with van der Waals surface area (Å²) in [5.74, 6) is 0.710. The topological polar surface area (TPSA) is 67.7 Å². The second kappa shape index (κ2) is 5.60. The van der Waals surface area contributed by atoms with Crippen molar-refractivity contribution in [2.24, 2.45) is 0 Å². The fourth-order valence-electron chi connectivity index (χ4n) is 3.33. The molecule has 0 aliphatic carbocycles. The van der Waals surface area contributed by atoms with E-state index < -0.39 is 0 Å². The first kappa shape index (κ1) is 15.2. The van der Waals surface area contributed by atoms with Gasteiger partial charge in [0.1, 0.15) is 0 Å². The maximum Gasteiger partial charge on any atom is 0.228 e. The Balaban J connectivity index is 2.09. The molecule has 25 heavy (non-hydrogen) atoms. The van der Waals surface area contributed by atoms with E-state index in [1.165, 1.54) is 0 Å². The summed E-state index contributed by atoms with van der Waals surface area (Å²) in [7, 11) is 0. The first-order valence-corrected chi connectivity index (χ1v) is 8.07. The predicted molar refractivity (Wildman–Crippen MR) is 94.7 cm³/mol. The summed E-state index contributed by atoms with van der Waals surface area (Å²) in [6.07, 6.45) is 0. The van der Waals surface area contributed by atoms with Crippen LogP contribution in [0.5, 0.6) is 0 Å². The first-order chi connectivity index (χ1) is 12.1. The molecular weight excluding hydrogens is 312 g/mol. The van der Waals surface area contributed by atoms with E-state index in [9.17, 15) is 10.5 Å². The summed E-state index contributed by atoms with van der Waals surface area (Å²) in [6.45, 7) is 4.10. The third-order valence-electron chi connectivity index (χ3n) is 4.62. The Morgan fingerprint density at radius 2 is 1.92 bits per heavy atom. The zero-order valence-electron chi connectivity index (χ0n) is 14.0. The van der Waals surface area contributed by atoms with Gasteiger partial charge in [0.15, 0.2) is 5.82 Å². The molecular formula is C20H16N4O. The summed E-state index contributed by atoms with van der Waals surface area (Å²) >= 11 is 0. The number of imidazole rings is 1. The van der Waals surface area contributed by atoms with Crippen LogP contribution in [-0.4, -0.2) is 20.0 Å². The fourth-order valence-corrected chi connectivity index (χ4v) is 3.33. The lowest BCUT2D eigenvalue weighted by molar-refractivity contribution is -0.475. The van der Waals surface area contributed by atoms with Crippen molar-refractivity contribution in [2.75, 3.05) is 0 Å². The quantitative estimate of drug-likeness (QED) is 0.509. The monoisotopic (exact) mass is 328 g/mol. The molecule has 2 heterocycles. The van der Waals surface area contributed by atoms with E-state index >= 15 is 0 Å². The lowest BCUT2D eigenvalue weighted by Gasteiger charge is -2.12. The Kier molecular flexibility index (Phi) is 3.40. The number of rotatable bonds is 1. The van der Waals surface area contributed by atoms with Gasteiger partial charge in [0.05, 0.1) is 28.6 Å². The van der Waals surface area contributed by atoms with E-state index in [0.29, 0.717) is 17.1 Å². The maximum absolute atomic E-state index is 13.0. The van der Waals surface area contributed by atoms with Crippen LogP contribution in [0.4, 0.5) is 0 Å². The Bertz CT molecular complexity index is 1060. The largest absolute Gasteiger partial charge is 0.623 e. The number of hydrogen-bond donors (Lipinski definition) is 0. The Hall–Kier alpha value is -3.39. The van der Waals surface area contributed by atoms with Gasteiger partial charge < -0.3 is 5.21 Å². The molecule has 0 amide bonds. The minimum absolute atomic E-state index is 0.162.